The van der Waals surface area contributed by atoms with Crippen LogP contribution in [0.3, 0.4) is 0 Å². The lowest BCUT2D eigenvalue weighted by Gasteiger charge is -2.20. The van der Waals surface area contributed by atoms with E-state index < -0.39 is 17.2 Å². The van der Waals surface area contributed by atoms with Crippen LogP contribution in [0.4, 0.5) is 5.69 Å². The number of nitrogens with one attached hydrogen (secondary N) is 2. The number of nitrogens with zero attached hydrogens (tertiary/aromatic N) is 3. The van der Waals surface area contributed by atoms with Crippen molar-refractivity contribution in [1.82, 2.24) is 19.4 Å². The molecule has 0 spiro atoms. The first kappa shape index (κ1) is 25.9. The molecular formula is C26H33N5O4. The molecule has 0 bridgehead atoms. The molecule has 0 atom stereocenters. The van der Waals surface area contributed by atoms with Crippen LogP contribution in [0, 0.1) is 5.92 Å². The molecular weight excluding hydrogens is 446 g/mol. The Morgan fingerprint density at radius 1 is 1.14 bits per heavy atom. The van der Waals surface area contributed by atoms with Gasteiger partial charge in [0.1, 0.15) is 0 Å². The largest absolute Gasteiger partial charge is 0.332 e. The van der Waals surface area contributed by atoms with Gasteiger partial charge in [-0.15, -0.1) is 0 Å². The van der Waals surface area contributed by atoms with Crippen molar-refractivity contribution in [1.29, 1.82) is 0 Å². The summed E-state index contributed by atoms with van der Waals surface area (Å²) in [6.45, 7) is 9.86. The molecule has 35 heavy (non-hydrogen) atoms. The van der Waals surface area contributed by atoms with E-state index in [2.05, 4.69) is 15.3 Å². The van der Waals surface area contributed by atoms with Crippen molar-refractivity contribution in [2.45, 2.75) is 53.5 Å². The number of likely N-dealkylation sites (N-methyl/N-ethyl adjacent to an activating group) is 1. The number of aromatic nitrogens is 3. The first-order chi connectivity index (χ1) is 16.5. The number of fused-ring (bicyclic) bond motifs is 1. The highest BCUT2D eigenvalue weighted by atomic mass is 16.2. The smallest absolute Gasteiger partial charge is 0.330 e. The highest BCUT2D eigenvalue weighted by molar-refractivity contribution is 6.07. The minimum Gasteiger partial charge on any atom is -0.332 e. The Balaban J connectivity index is 2.02. The molecule has 9 heteroatoms. The molecule has 2 aromatic heterocycles. The van der Waals surface area contributed by atoms with Gasteiger partial charge in [-0.05, 0) is 36.0 Å². The monoisotopic (exact) mass is 479 g/mol. The zero-order chi connectivity index (χ0) is 25.9. The summed E-state index contributed by atoms with van der Waals surface area (Å²) in [4.78, 5) is 59.8. The molecule has 0 aliphatic rings. The molecule has 3 aromatic rings. The maximum atomic E-state index is 13.5. The van der Waals surface area contributed by atoms with E-state index >= 15 is 0 Å². The van der Waals surface area contributed by atoms with Crippen LogP contribution in [0.1, 0.15) is 62.2 Å². The molecule has 0 saturated carbocycles. The maximum absolute atomic E-state index is 13.5. The van der Waals surface area contributed by atoms with Gasteiger partial charge in [-0.2, -0.15) is 0 Å². The van der Waals surface area contributed by atoms with E-state index in [0.29, 0.717) is 17.9 Å². The Labute approximate surface area is 204 Å². The van der Waals surface area contributed by atoms with Crippen molar-refractivity contribution >= 4 is 28.5 Å². The minimum absolute atomic E-state index is 0.0447. The SMILES string of the molecule is CCc1ccccc1NC(=O)CN(C)C(=O)c1cc(C(C)C)nc2c1c(=O)[nH]c(=O)n2CC(C)C. The predicted octanol–water partition coefficient (Wildman–Crippen LogP) is 3.14. The highest BCUT2D eigenvalue weighted by Crippen LogP contribution is 2.21. The topological polar surface area (TPSA) is 117 Å². The lowest BCUT2D eigenvalue weighted by molar-refractivity contribution is -0.116. The Hall–Kier alpha value is -3.75. The predicted molar refractivity (Wildman–Crippen MR) is 137 cm³/mol. The fourth-order valence-corrected chi connectivity index (χ4v) is 3.93. The molecule has 0 aliphatic carbocycles. The van der Waals surface area contributed by atoms with E-state index in [4.69, 9.17) is 0 Å². The van der Waals surface area contributed by atoms with E-state index in [9.17, 15) is 19.2 Å². The number of pyridine rings is 1. The third kappa shape index (κ3) is 5.67. The van der Waals surface area contributed by atoms with Gasteiger partial charge in [0, 0.05) is 25.0 Å². The summed E-state index contributed by atoms with van der Waals surface area (Å²) in [5.41, 5.74) is 1.32. The normalized spacial score (nSPS) is 11.3. The van der Waals surface area contributed by atoms with Gasteiger partial charge in [0.15, 0.2) is 5.65 Å². The Kier molecular flexibility index (Phi) is 7.89. The van der Waals surface area contributed by atoms with Gasteiger partial charge in [-0.1, -0.05) is 52.8 Å². The van der Waals surface area contributed by atoms with Gasteiger partial charge >= 0.3 is 5.69 Å². The molecule has 3 rings (SSSR count). The molecule has 0 saturated heterocycles. The van der Waals surface area contributed by atoms with Crippen LogP contribution in [0.2, 0.25) is 0 Å². The summed E-state index contributed by atoms with van der Waals surface area (Å²) >= 11 is 0. The lowest BCUT2D eigenvalue weighted by Crippen LogP contribution is -2.37. The molecule has 0 unspecified atom stereocenters. The number of hydrogen-bond acceptors (Lipinski definition) is 5. The molecule has 1 aromatic carbocycles. The quantitative estimate of drug-likeness (QED) is 0.515. The van der Waals surface area contributed by atoms with Crippen molar-refractivity contribution in [3.8, 4) is 0 Å². The maximum Gasteiger partial charge on any atom is 0.330 e. The lowest BCUT2D eigenvalue weighted by atomic mass is 10.0. The average molecular weight is 480 g/mol. The van der Waals surface area contributed by atoms with Crippen molar-refractivity contribution in [3.63, 3.8) is 0 Å². The molecule has 0 fully saturated rings. The Bertz CT molecular complexity index is 1370. The van der Waals surface area contributed by atoms with E-state index in [1.54, 1.807) is 6.07 Å². The molecule has 186 valence electrons. The summed E-state index contributed by atoms with van der Waals surface area (Å²) in [6.07, 6.45) is 0.757. The molecule has 2 N–H and O–H groups in total. The van der Waals surface area contributed by atoms with E-state index in [-0.39, 0.29) is 40.9 Å². The molecule has 2 heterocycles. The van der Waals surface area contributed by atoms with Crippen LogP contribution < -0.4 is 16.6 Å². The van der Waals surface area contributed by atoms with Gasteiger partial charge in [0.05, 0.1) is 17.5 Å². The average Bonchev–Trinajstić information content (AvgIpc) is 2.80. The number of carbonyl (C=O) groups is 2. The van der Waals surface area contributed by atoms with Crippen LogP contribution in [-0.4, -0.2) is 44.8 Å². The second kappa shape index (κ2) is 10.7. The molecule has 2 amide bonds. The third-order valence-electron chi connectivity index (χ3n) is 5.74. The van der Waals surface area contributed by atoms with Crippen LogP contribution in [0.15, 0.2) is 39.9 Å². The van der Waals surface area contributed by atoms with Gasteiger partial charge in [0.2, 0.25) is 5.91 Å². The zero-order valence-electron chi connectivity index (χ0n) is 21.1. The number of amides is 2. The van der Waals surface area contributed by atoms with E-state index in [0.717, 1.165) is 12.0 Å². The van der Waals surface area contributed by atoms with Gasteiger partial charge in [-0.3, -0.25) is 23.9 Å². The molecule has 9 nitrogen and oxygen atoms in total. The summed E-state index contributed by atoms with van der Waals surface area (Å²) in [5, 5.41) is 2.90. The number of carbonyl (C=O) groups excluding carboxylic acids is 2. The van der Waals surface area contributed by atoms with Crippen LogP contribution in [-0.2, 0) is 17.8 Å². The number of aromatic amines is 1. The molecule has 0 aliphatic heterocycles. The minimum atomic E-state index is -0.675. The highest BCUT2D eigenvalue weighted by Gasteiger charge is 2.24. The Morgan fingerprint density at radius 3 is 2.46 bits per heavy atom. The van der Waals surface area contributed by atoms with Crippen molar-refractivity contribution in [2.75, 3.05) is 18.9 Å². The molecule has 0 radical (unpaired) electrons. The first-order valence-corrected chi connectivity index (χ1v) is 11.8. The van der Waals surface area contributed by atoms with Crippen molar-refractivity contribution < 1.29 is 9.59 Å². The van der Waals surface area contributed by atoms with Crippen molar-refractivity contribution in [2.24, 2.45) is 5.92 Å². The van der Waals surface area contributed by atoms with Crippen LogP contribution >= 0.6 is 0 Å². The number of para-hydroxylation sites is 1. The van der Waals surface area contributed by atoms with Crippen LogP contribution in [0.5, 0.6) is 0 Å². The number of anilines is 1. The summed E-state index contributed by atoms with van der Waals surface area (Å²) < 4.78 is 1.40. The number of H-pyrrole nitrogens is 1. The van der Waals surface area contributed by atoms with Crippen molar-refractivity contribution in [3.05, 3.63) is 68.0 Å². The van der Waals surface area contributed by atoms with Crippen LogP contribution in [0.25, 0.3) is 11.0 Å². The summed E-state index contributed by atoms with van der Waals surface area (Å²) in [7, 11) is 1.51. The number of rotatable bonds is 8. The third-order valence-corrected chi connectivity index (χ3v) is 5.74. The van der Waals surface area contributed by atoms with Gasteiger partial charge in [0.25, 0.3) is 11.5 Å². The van der Waals surface area contributed by atoms with E-state index in [1.165, 1.54) is 16.5 Å². The Morgan fingerprint density at radius 2 is 1.83 bits per heavy atom. The second-order valence-electron chi connectivity index (χ2n) is 9.43. The number of aryl methyl sites for hydroxylation is 1. The number of benzene rings is 1. The fourth-order valence-electron chi connectivity index (χ4n) is 3.93. The number of hydrogen-bond donors (Lipinski definition) is 2. The second-order valence-corrected chi connectivity index (χ2v) is 9.43. The van der Waals surface area contributed by atoms with Gasteiger partial charge < -0.3 is 10.2 Å². The first-order valence-electron chi connectivity index (χ1n) is 11.8. The van der Waals surface area contributed by atoms with E-state index in [1.807, 2.05) is 58.9 Å². The standard InChI is InChI=1S/C26H33N5O4/c1-7-17-10-8-9-11-19(17)27-21(32)14-30(6)25(34)18-12-20(16(4)5)28-23-22(18)24(33)29-26(35)31(23)13-15(2)3/h8-12,15-16H,7,13-14H2,1-6H3,(H,27,32)(H,29,33,35). The van der Waals surface area contributed by atoms with Gasteiger partial charge in [-0.25, -0.2) is 9.78 Å². The summed E-state index contributed by atoms with van der Waals surface area (Å²) in [6, 6.07) is 9.07. The summed E-state index contributed by atoms with van der Waals surface area (Å²) in [5.74, 6) is -0.789. The fraction of sp³-hybridized carbons (Fsp3) is 0.423. The zero-order valence-corrected chi connectivity index (χ0v) is 21.1.